The van der Waals surface area contributed by atoms with Gasteiger partial charge in [-0.3, -0.25) is 0 Å². The van der Waals surface area contributed by atoms with Crippen molar-refractivity contribution in [1.82, 2.24) is 0 Å². The van der Waals surface area contributed by atoms with Gasteiger partial charge in [-0.25, -0.2) is 0 Å². The lowest BCUT2D eigenvalue weighted by molar-refractivity contribution is 1.02. The van der Waals surface area contributed by atoms with E-state index in [9.17, 15) is 0 Å². The lowest BCUT2D eigenvalue weighted by Gasteiger charge is -2.27. The third-order valence-electron chi connectivity index (χ3n) is 13.5. The highest BCUT2D eigenvalue weighted by Gasteiger charge is 2.25. The van der Waals surface area contributed by atoms with E-state index in [-0.39, 0.29) is 0 Å². The zero-order valence-corrected chi connectivity index (χ0v) is 36.8. The van der Waals surface area contributed by atoms with Crippen LogP contribution in [-0.4, -0.2) is 0 Å². The second-order valence-corrected chi connectivity index (χ2v) is 17.4. The smallest absolute Gasteiger partial charge is 0.0467 e. The molecular weight excluding hydrogens is 773 g/mol. The van der Waals surface area contributed by atoms with Crippen LogP contribution in [0.25, 0.3) is 39.0 Å². The first kappa shape index (κ1) is 39.4. The van der Waals surface area contributed by atoms with E-state index in [1.165, 1.54) is 83.6 Å². The number of fused-ring (bicyclic) bond motifs is 6. The Morgan fingerprint density at radius 1 is 0.453 bits per heavy atom. The van der Waals surface area contributed by atoms with Crippen LogP contribution in [0.1, 0.15) is 72.9 Å². The summed E-state index contributed by atoms with van der Waals surface area (Å²) in [6.07, 6.45) is 24.7. The van der Waals surface area contributed by atoms with Gasteiger partial charge in [0.15, 0.2) is 0 Å². The summed E-state index contributed by atoms with van der Waals surface area (Å²) in [4.78, 5) is 4.81. The molecule has 0 unspecified atom stereocenters. The number of hydrogen-bond acceptors (Lipinski definition) is 2. The third-order valence-corrected chi connectivity index (χ3v) is 13.5. The summed E-state index contributed by atoms with van der Waals surface area (Å²) in [6.45, 7) is 4.17. The molecule has 2 nitrogen and oxygen atoms in total. The van der Waals surface area contributed by atoms with Crippen molar-refractivity contribution in [3.05, 3.63) is 245 Å². The maximum atomic E-state index is 2.45. The van der Waals surface area contributed by atoms with Gasteiger partial charge in [-0.1, -0.05) is 134 Å². The fourth-order valence-corrected chi connectivity index (χ4v) is 10.2. The van der Waals surface area contributed by atoms with Crippen molar-refractivity contribution in [3.63, 3.8) is 0 Å². The molecule has 0 bridgehead atoms. The van der Waals surface area contributed by atoms with Crippen LogP contribution in [0.2, 0.25) is 0 Å². The lowest BCUT2D eigenvalue weighted by atomic mass is 9.97. The van der Waals surface area contributed by atoms with Gasteiger partial charge in [0.1, 0.15) is 0 Å². The molecule has 11 rings (SSSR count). The molecule has 0 heterocycles. The van der Waals surface area contributed by atoms with E-state index in [2.05, 4.69) is 230 Å². The van der Waals surface area contributed by atoms with Crippen molar-refractivity contribution in [3.8, 4) is 22.3 Å². The standard InChI is InChI=1S/C62H52N2/c1-3-12-43(4-2)45-19-29-53(30-20-45)63(57-37-27-51-39-49-15-8-10-17-59(49)61(51)41-57)55-33-23-47(24-34-55)48-25-35-56(36-26-48)64(54-31-21-46(22-32-54)44-13-6-5-7-14-44)58-38-28-52-40-50-16-9-11-18-60(50)62(52)42-58/h3-4,6,8,10,12-38,41-42H,5,7,9,11,39-40H2,1-2H3/b12-3-,43-4+. The largest absolute Gasteiger partial charge is 0.310 e. The van der Waals surface area contributed by atoms with Crippen LogP contribution >= 0.6 is 0 Å². The van der Waals surface area contributed by atoms with Gasteiger partial charge in [-0.05, 0) is 203 Å². The second kappa shape index (κ2) is 17.0. The molecule has 4 aliphatic carbocycles. The number of rotatable bonds is 10. The Kier molecular flexibility index (Phi) is 10.5. The van der Waals surface area contributed by atoms with Gasteiger partial charge >= 0.3 is 0 Å². The Bertz CT molecular complexity index is 3080. The normalized spacial score (nSPS) is 14.9. The topological polar surface area (TPSA) is 6.48 Å². The second-order valence-electron chi connectivity index (χ2n) is 17.4. The molecule has 0 N–H and O–H groups in total. The van der Waals surface area contributed by atoms with Gasteiger partial charge < -0.3 is 9.80 Å². The number of hydrogen-bond donors (Lipinski definition) is 0. The first-order valence-corrected chi connectivity index (χ1v) is 23.0. The number of anilines is 6. The summed E-state index contributed by atoms with van der Waals surface area (Å²) >= 11 is 0. The lowest BCUT2D eigenvalue weighted by Crippen LogP contribution is -2.10. The molecule has 0 atom stereocenters. The third kappa shape index (κ3) is 7.39. The van der Waals surface area contributed by atoms with Gasteiger partial charge in [-0.2, -0.15) is 0 Å². The number of allylic oxidation sites excluding steroid dienone is 12. The molecule has 310 valence electrons. The van der Waals surface area contributed by atoms with E-state index >= 15 is 0 Å². The summed E-state index contributed by atoms with van der Waals surface area (Å²) in [5.41, 5.74) is 25.4. The molecule has 4 aliphatic rings. The van der Waals surface area contributed by atoms with E-state index in [4.69, 9.17) is 0 Å². The van der Waals surface area contributed by atoms with Crippen LogP contribution in [0.5, 0.6) is 0 Å². The number of benzene rings is 7. The van der Waals surface area contributed by atoms with Crippen LogP contribution in [-0.2, 0) is 12.8 Å². The molecule has 0 saturated carbocycles. The van der Waals surface area contributed by atoms with Crippen molar-refractivity contribution >= 4 is 50.8 Å². The summed E-state index contributed by atoms with van der Waals surface area (Å²) in [7, 11) is 0. The molecule has 0 saturated heterocycles. The minimum Gasteiger partial charge on any atom is -0.310 e. The zero-order chi connectivity index (χ0) is 43.0. The first-order valence-electron chi connectivity index (χ1n) is 23.0. The highest BCUT2D eigenvalue weighted by Crippen LogP contribution is 2.46. The fourth-order valence-electron chi connectivity index (χ4n) is 10.2. The van der Waals surface area contributed by atoms with Gasteiger partial charge in [0, 0.05) is 34.1 Å². The molecule has 0 amide bonds. The highest BCUT2D eigenvalue weighted by molar-refractivity contribution is 5.91. The van der Waals surface area contributed by atoms with Crippen molar-refractivity contribution in [2.75, 3.05) is 9.80 Å². The molecular formula is C62H52N2. The van der Waals surface area contributed by atoms with Crippen molar-refractivity contribution < 1.29 is 0 Å². The highest BCUT2D eigenvalue weighted by atomic mass is 15.1. The average Bonchev–Trinajstić information content (AvgIpc) is 3.93. The van der Waals surface area contributed by atoms with E-state index in [0.29, 0.717) is 0 Å². The van der Waals surface area contributed by atoms with Crippen molar-refractivity contribution in [2.24, 2.45) is 0 Å². The minimum atomic E-state index is 0.982. The monoisotopic (exact) mass is 824 g/mol. The van der Waals surface area contributed by atoms with Crippen LogP contribution in [0.4, 0.5) is 34.1 Å². The molecule has 7 aromatic rings. The van der Waals surface area contributed by atoms with E-state index in [0.717, 1.165) is 67.0 Å². The minimum absolute atomic E-state index is 0.982. The molecule has 0 aromatic heterocycles. The fraction of sp³-hybridized carbons (Fsp3) is 0.129. The maximum absolute atomic E-state index is 2.45. The van der Waals surface area contributed by atoms with Crippen LogP contribution in [0.15, 0.2) is 212 Å². The Labute approximate surface area is 378 Å². The molecule has 2 heteroatoms. The summed E-state index contributed by atoms with van der Waals surface area (Å²) in [5, 5.41) is 0. The Morgan fingerprint density at radius 2 is 0.984 bits per heavy atom. The Balaban J connectivity index is 0.932. The predicted octanol–water partition coefficient (Wildman–Crippen LogP) is 17.2. The molecule has 7 aromatic carbocycles. The summed E-state index contributed by atoms with van der Waals surface area (Å²) in [5.74, 6) is 0. The average molecular weight is 825 g/mol. The summed E-state index contributed by atoms with van der Waals surface area (Å²) in [6, 6.07) is 59.2. The van der Waals surface area contributed by atoms with Gasteiger partial charge in [-0.15, -0.1) is 0 Å². The molecule has 0 aliphatic heterocycles. The predicted molar refractivity (Wildman–Crippen MR) is 273 cm³/mol. The van der Waals surface area contributed by atoms with Crippen LogP contribution < -0.4 is 9.80 Å². The van der Waals surface area contributed by atoms with E-state index < -0.39 is 0 Å². The van der Waals surface area contributed by atoms with Crippen LogP contribution in [0, 0.1) is 0 Å². The van der Waals surface area contributed by atoms with Gasteiger partial charge in [0.2, 0.25) is 0 Å². The molecule has 0 radical (unpaired) electrons. The van der Waals surface area contributed by atoms with E-state index in [1.807, 2.05) is 0 Å². The first-order chi connectivity index (χ1) is 31.6. The molecule has 0 fully saturated rings. The van der Waals surface area contributed by atoms with Crippen LogP contribution in [0.3, 0.4) is 0 Å². The zero-order valence-electron chi connectivity index (χ0n) is 36.8. The number of nitrogens with zero attached hydrogens (tertiary/aromatic N) is 2. The Hall–Kier alpha value is -7.42. The molecule has 64 heavy (non-hydrogen) atoms. The summed E-state index contributed by atoms with van der Waals surface area (Å²) < 4.78 is 0. The SMILES string of the molecule is C/C=C\C(=C/C)c1ccc(N(c2ccc(-c3ccc(N(c4ccc(C5=CCCC=C5)cc4)c4ccc5c(c4)C4=CCCC=C4C5)cc3)cc2)c2ccc3c(c2)-c2ccccc2C3)cc1. The maximum Gasteiger partial charge on any atom is 0.0467 e. The van der Waals surface area contributed by atoms with E-state index in [1.54, 1.807) is 0 Å². The Morgan fingerprint density at radius 3 is 1.59 bits per heavy atom. The van der Waals surface area contributed by atoms with Crippen molar-refractivity contribution in [1.29, 1.82) is 0 Å². The quantitative estimate of drug-likeness (QED) is 0.127. The van der Waals surface area contributed by atoms with Gasteiger partial charge in [0.05, 0.1) is 0 Å². The molecule has 0 spiro atoms. The van der Waals surface area contributed by atoms with Gasteiger partial charge in [0.25, 0.3) is 0 Å². The van der Waals surface area contributed by atoms with Crippen molar-refractivity contribution in [2.45, 2.75) is 52.4 Å².